The highest BCUT2D eigenvalue weighted by atomic mass is 19.1. The van der Waals surface area contributed by atoms with Gasteiger partial charge in [-0.05, 0) is 36.4 Å². The van der Waals surface area contributed by atoms with E-state index in [0.29, 0.717) is 12.1 Å². The van der Waals surface area contributed by atoms with Crippen molar-refractivity contribution in [3.63, 3.8) is 0 Å². The first-order valence-electron chi connectivity index (χ1n) is 6.23. The van der Waals surface area contributed by atoms with E-state index in [0.717, 1.165) is 11.1 Å². The number of aryl methyl sites for hydroxylation is 1. The van der Waals surface area contributed by atoms with Crippen LogP contribution in [0.2, 0.25) is 0 Å². The number of aliphatic imine (C=N–C) groups is 1. The van der Waals surface area contributed by atoms with Crippen molar-refractivity contribution in [3.8, 4) is 0 Å². The summed E-state index contributed by atoms with van der Waals surface area (Å²) in [6.07, 6.45) is 7.52. The summed E-state index contributed by atoms with van der Waals surface area (Å²) >= 11 is 0. The minimum Gasteiger partial charge on any atom is -0.335 e. The molecule has 0 aromatic heterocycles. The van der Waals surface area contributed by atoms with E-state index in [1.54, 1.807) is 17.4 Å². The number of benzene rings is 1. The van der Waals surface area contributed by atoms with Crippen molar-refractivity contribution < 1.29 is 4.39 Å². The van der Waals surface area contributed by atoms with Gasteiger partial charge in [0.15, 0.2) is 0 Å². The van der Waals surface area contributed by atoms with Gasteiger partial charge in [0.2, 0.25) is 0 Å². The first kappa shape index (κ1) is 15.6. The Bertz CT molecular complexity index is 556. The van der Waals surface area contributed by atoms with Crippen LogP contribution in [0.4, 0.5) is 4.39 Å². The van der Waals surface area contributed by atoms with Gasteiger partial charge in [-0.2, -0.15) is 0 Å². The summed E-state index contributed by atoms with van der Waals surface area (Å²) in [6.45, 7) is 13.2. The Kier molecular flexibility index (Phi) is 6.17. The molecule has 0 spiro atoms. The molecule has 0 radical (unpaired) electrons. The minimum absolute atomic E-state index is 0.288. The Labute approximate surface area is 120 Å². The third-order valence-corrected chi connectivity index (χ3v) is 2.74. The molecule has 1 rings (SSSR count). The topological polar surface area (TPSA) is 15.6 Å². The zero-order chi connectivity index (χ0) is 15.0. The van der Waals surface area contributed by atoms with E-state index in [1.807, 2.05) is 25.1 Å². The molecule has 0 N–H and O–H groups in total. The number of allylic oxidation sites excluding steroid dienone is 2. The smallest absolute Gasteiger partial charge is 0.130 e. The molecular weight excluding hydrogens is 251 g/mol. The second-order valence-electron chi connectivity index (χ2n) is 4.20. The Balaban J connectivity index is 3.03. The van der Waals surface area contributed by atoms with Gasteiger partial charge in [-0.3, -0.25) is 0 Å². The molecule has 0 atom stereocenters. The predicted molar refractivity (Wildman–Crippen MR) is 84.9 cm³/mol. The van der Waals surface area contributed by atoms with Crippen LogP contribution in [-0.2, 0) is 6.54 Å². The summed E-state index contributed by atoms with van der Waals surface area (Å²) in [5, 5.41) is 0. The van der Waals surface area contributed by atoms with E-state index in [1.165, 1.54) is 18.4 Å². The van der Waals surface area contributed by atoms with Gasteiger partial charge in [0, 0.05) is 18.3 Å². The van der Waals surface area contributed by atoms with Crippen LogP contribution in [0.3, 0.4) is 0 Å². The third-order valence-electron chi connectivity index (χ3n) is 2.74. The summed E-state index contributed by atoms with van der Waals surface area (Å²) in [7, 11) is 0. The molecule has 0 aliphatic rings. The lowest BCUT2D eigenvalue weighted by molar-refractivity contribution is 0.570. The maximum Gasteiger partial charge on any atom is 0.130 e. The number of hydrogen-bond acceptors (Lipinski definition) is 1. The molecule has 0 saturated carbocycles. The Morgan fingerprint density at radius 2 is 2.10 bits per heavy atom. The number of nitrogens with zero attached hydrogens (tertiary/aromatic N) is 2. The molecule has 0 bridgehead atoms. The summed E-state index contributed by atoms with van der Waals surface area (Å²) in [4.78, 5) is 5.74. The van der Waals surface area contributed by atoms with Gasteiger partial charge in [0.05, 0.1) is 6.34 Å². The van der Waals surface area contributed by atoms with Gasteiger partial charge in [-0.25, -0.2) is 9.38 Å². The molecule has 0 unspecified atom stereocenters. The molecule has 0 saturated heterocycles. The van der Waals surface area contributed by atoms with E-state index >= 15 is 0 Å². The third kappa shape index (κ3) is 4.35. The zero-order valence-corrected chi connectivity index (χ0v) is 11.7. The number of rotatable bonds is 7. The Hall–Kier alpha value is -2.42. The zero-order valence-electron chi connectivity index (χ0n) is 11.7. The molecule has 2 nitrogen and oxygen atoms in total. The second-order valence-corrected chi connectivity index (χ2v) is 4.20. The Morgan fingerprint density at radius 1 is 1.35 bits per heavy atom. The molecule has 3 heteroatoms. The Morgan fingerprint density at radius 3 is 2.70 bits per heavy atom. The number of halogens is 1. The highest BCUT2D eigenvalue weighted by Gasteiger charge is 2.06. The van der Waals surface area contributed by atoms with Crippen LogP contribution >= 0.6 is 0 Å². The molecule has 1 aromatic carbocycles. The van der Waals surface area contributed by atoms with Gasteiger partial charge >= 0.3 is 0 Å². The van der Waals surface area contributed by atoms with E-state index in [2.05, 4.69) is 24.7 Å². The van der Waals surface area contributed by atoms with E-state index in [4.69, 9.17) is 0 Å². The lowest BCUT2D eigenvalue weighted by Crippen LogP contribution is -2.13. The van der Waals surface area contributed by atoms with Crippen LogP contribution in [0, 0.1) is 6.92 Å². The van der Waals surface area contributed by atoms with Crippen LogP contribution in [0.15, 0.2) is 67.5 Å². The largest absolute Gasteiger partial charge is 0.335 e. The first-order chi connectivity index (χ1) is 9.62. The standard InChI is InChI=1S/C17H19FN2/c1-5-8-17(18)16-11-15(10-9-14(16)4)12-20(7-3)13-19-6-2/h5-11,13H,1-3,12H2,4H3/b17-8+,19-13?. The molecule has 0 amide bonds. The van der Waals surface area contributed by atoms with Gasteiger partial charge in [0.25, 0.3) is 0 Å². The normalized spacial score (nSPS) is 11.4. The molecule has 0 aliphatic heterocycles. The molecule has 1 aromatic rings. The van der Waals surface area contributed by atoms with Crippen LogP contribution in [0.25, 0.3) is 5.83 Å². The minimum atomic E-state index is -0.288. The maximum atomic E-state index is 13.9. The SMILES string of the molecule is C=C/C=C(/F)c1cc(CN(C=C)C=NC=C)ccc1C. The fourth-order valence-electron chi connectivity index (χ4n) is 1.71. The highest BCUT2D eigenvalue weighted by Crippen LogP contribution is 2.22. The molecule has 0 aliphatic carbocycles. The van der Waals surface area contributed by atoms with Crippen molar-refractivity contribution in [1.82, 2.24) is 4.90 Å². The molecule has 0 fully saturated rings. The van der Waals surface area contributed by atoms with Gasteiger partial charge in [0.1, 0.15) is 5.83 Å². The fourth-order valence-corrected chi connectivity index (χ4v) is 1.71. The quantitative estimate of drug-likeness (QED) is 0.401. The predicted octanol–water partition coefficient (Wildman–Crippen LogP) is 4.61. The van der Waals surface area contributed by atoms with E-state index < -0.39 is 0 Å². The lowest BCUT2D eigenvalue weighted by atomic mass is 10.0. The molecular formula is C17H19FN2. The van der Waals surface area contributed by atoms with Gasteiger partial charge in [-0.1, -0.05) is 37.9 Å². The highest BCUT2D eigenvalue weighted by molar-refractivity contribution is 5.64. The van der Waals surface area contributed by atoms with Gasteiger partial charge < -0.3 is 4.90 Å². The van der Waals surface area contributed by atoms with Gasteiger partial charge in [-0.15, -0.1) is 0 Å². The second kappa shape index (κ2) is 7.89. The van der Waals surface area contributed by atoms with Crippen LogP contribution in [-0.4, -0.2) is 11.2 Å². The first-order valence-corrected chi connectivity index (χ1v) is 6.23. The summed E-state index contributed by atoms with van der Waals surface area (Å²) in [6, 6.07) is 5.67. The summed E-state index contributed by atoms with van der Waals surface area (Å²) < 4.78 is 13.9. The molecule has 0 heterocycles. The average Bonchev–Trinajstić information content (AvgIpc) is 2.45. The van der Waals surface area contributed by atoms with Crippen LogP contribution in [0.5, 0.6) is 0 Å². The van der Waals surface area contributed by atoms with E-state index in [9.17, 15) is 4.39 Å². The number of hydrogen-bond donors (Lipinski definition) is 0. The monoisotopic (exact) mass is 270 g/mol. The van der Waals surface area contributed by atoms with Crippen molar-refractivity contribution in [2.75, 3.05) is 0 Å². The van der Waals surface area contributed by atoms with Crippen molar-refractivity contribution in [3.05, 3.63) is 79.2 Å². The van der Waals surface area contributed by atoms with Crippen LogP contribution in [0.1, 0.15) is 16.7 Å². The fraction of sp³-hybridized carbons (Fsp3) is 0.118. The van der Waals surface area contributed by atoms with E-state index in [-0.39, 0.29) is 5.83 Å². The van der Waals surface area contributed by atoms with Crippen molar-refractivity contribution in [2.24, 2.45) is 4.99 Å². The molecule has 20 heavy (non-hydrogen) atoms. The van der Waals surface area contributed by atoms with Crippen molar-refractivity contribution >= 4 is 12.2 Å². The van der Waals surface area contributed by atoms with Crippen molar-refractivity contribution in [1.29, 1.82) is 0 Å². The summed E-state index contributed by atoms with van der Waals surface area (Å²) in [5.41, 5.74) is 2.43. The average molecular weight is 270 g/mol. The lowest BCUT2D eigenvalue weighted by Gasteiger charge is -2.15. The van der Waals surface area contributed by atoms with Crippen molar-refractivity contribution in [2.45, 2.75) is 13.5 Å². The molecule has 104 valence electrons. The maximum absolute atomic E-state index is 13.9. The van der Waals surface area contributed by atoms with Crippen LogP contribution < -0.4 is 0 Å². The summed E-state index contributed by atoms with van der Waals surface area (Å²) in [5.74, 6) is -0.288.